The van der Waals surface area contributed by atoms with Crippen molar-refractivity contribution in [3.05, 3.63) is 41.4 Å². The fourth-order valence-electron chi connectivity index (χ4n) is 4.06. The van der Waals surface area contributed by atoms with E-state index in [0.717, 1.165) is 44.0 Å². The summed E-state index contributed by atoms with van der Waals surface area (Å²) in [5.74, 6) is 2.88. The van der Waals surface area contributed by atoms with Crippen LogP contribution in [0.4, 0.5) is 0 Å². The van der Waals surface area contributed by atoms with Crippen molar-refractivity contribution in [2.45, 2.75) is 39.3 Å². The largest absolute Gasteiger partial charge is 0.489 e. The van der Waals surface area contributed by atoms with E-state index < -0.39 is 0 Å². The maximum Gasteiger partial charge on any atom is 0.194 e. The van der Waals surface area contributed by atoms with Gasteiger partial charge in [-0.3, -0.25) is 0 Å². The number of rotatable bonds is 4. The van der Waals surface area contributed by atoms with E-state index in [1.165, 1.54) is 0 Å². The molecule has 30 heavy (non-hydrogen) atoms. The number of fused-ring (bicyclic) bond motifs is 1. The Labute approximate surface area is 183 Å². The zero-order chi connectivity index (χ0) is 20.9. The highest BCUT2D eigenvalue weighted by Gasteiger charge is 2.29. The van der Waals surface area contributed by atoms with E-state index in [1.807, 2.05) is 24.7 Å². The Morgan fingerprint density at radius 1 is 1.33 bits per heavy atom. The first kappa shape index (κ1) is 20.8. The summed E-state index contributed by atoms with van der Waals surface area (Å²) in [5.41, 5.74) is 1.01. The number of imidazole rings is 1. The third-order valence-electron chi connectivity index (χ3n) is 5.73. The smallest absolute Gasteiger partial charge is 0.194 e. The van der Waals surface area contributed by atoms with Crippen LogP contribution < -0.4 is 14.8 Å². The molecule has 3 heterocycles. The van der Waals surface area contributed by atoms with Crippen molar-refractivity contribution in [2.24, 2.45) is 10.9 Å². The van der Waals surface area contributed by atoms with Gasteiger partial charge in [0.25, 0.3) is 0 Å². The van der Waals surface area contributed by atoms with Gasteiger partial charge in [-0.15, -0.1) is 0 Å². The number of guanidine groups is 1. The molecule has 1 aromatic carbocycles. The van der Waals surface area contributed by atoms with E-state index >= 15 is 0 Å². The van der Waals surface area contributed by atoms with E-state index in [4.69, 9.17) is 26.1 Å². The van der Waals surface area contributed by atoms with Crippen molar-refractivity contribution in [1.29, 1.82) is 0 Å². The van der Waals surface area contributed by atoms with Crippen molar-refractivity contribution in [3.63, 3.8) is 0 Å². The molecule has 1 saturated heterocycles. The molecule has 1 N–H and O–H groups in total. The molecule has 0 aliphatic carbocycles. The summed E-state index contributed by atoms with van der Waals surface area (Å²) >= 11 is 6.45. The standard InChI is InChI=1S/C22H30ClN5O2/c1-3-25-22(27-7-5-16(2)19(14-27)28-8-6-24-15-28)26-13-17-11-18(23)21-20(12-17)29-9-4-10-30-21/h6,8,11-12,15-16,19H,3-5,7,9-10,13-14H2,1-2H3,(H,25,26). The summed E-state index contributed by atoms with van der Waals surface area (Å²) in [6.07, 6.45) is 7.78. The highest BCUT2D eigenvalue weighted by atomic mass is 35.5. The van der Waals surface area contributed by atoms with Gasteiger partial charge in [0.15, 0.2) is 17.5 Å². The summed E-state index contributed by atoms with van der Waals surface area (Å²) in [5, 5.41) is 4.03. The Hall–Kier alpha value is -2.41. The zero-order valence-corrected chi connectivity index (χ0v) is 18.4. The first-order valence-corrected chi connectivity index (χ1v) is 11.1. The third kappa shape index (κ3) is 4.67. The van der Waals surface area contributed by atoms with Crippen molar-refractivity contribution in [3.8, 4) is 11.5 Å². The summed E-state index contributed by atoms with van der Waals surface area (Å²) in [6.45, 7) is 8.92. The van der Waals surface area contributed by atoms with Crippen LogP contribution in [0.2, 0.25) is 5.02 Å². The lowest BCUT2D eigenvalue weighted by Gasteiger charge is -2.39. The number of hydrogen-bond donors (Lipinski definition) is 1. The van der Waals surface area contributed by atoms with Crippen molar-refractivity contribution in [2.75, 3.05) is 32.8 Å². The van der Waals surface area contributed by atoms with Crippen LogP contribution in [0.15, 0.2) is 35.8 Å². The molecule has 4 rings (SSSR count). The summed E-state index contributed by atoms with van der Waals surface area (Å²) in [7, 11) is 0. The lowest BCUT2D eigenvalue weighted by molar-refractivity contribution is 0.189. The van der Waals surface area contributed by atoms with Gasteiger partial charge in [-0.1, -0.05) is 18.5 Å². The topological polar surface area (TPSA) is 63.9 Å². The molecule has 162 valence electrons. The molecule has 2 unspecified atom stereocenters. The Bertz CT molecular complexity index is 871. The molecule has 2 atom stereocenters. The molecule has 0 spiro atoms. The molecule has 2 aliphatic rings. The first-order valence-electron chi connectivity index (χ1n) is 10.7. The number of benzene rings is 1. The second-order valence-electron chi connectivity index (χ2n) is 7.91. The van der Waals surface area contributed by atoms with E-state index in [2.05, 4.69) is 39.8 Å². The van der Waals surface area contributed by atoms with E-state index in [9.17, 15) is 0 Å². The molecule has 7 nitrogen and oxygen atoms in total. The van der Waals surface area contributed by atoms with Gasteiger partial charge in [-0.2, -0.15) is 0 Å². The summed E-state index contributed by atoms with van der Waals surface area (Å²) in [4.78, 5) is 11.5. The molecule has 2 aromatic rings. The average Bonchev–Trinajstić information content (AvgIpc) is 3.17. The van der Waals surface area contributed by atoms with Crippen molar-refractivity contribution in [1.82, 2.24) is 19.8 Å². The maximum absolute atomic E-state index is 6.45. The van der Waals surface area contributed by atoms with Crippen molar-refractivity contribution < 1.29 is 9.47 Å². The number of ether oxygens (including phenoxy) is 2. The van der Waals surface area contributed by atoms with Crippen LogP contribution in [0.1, 0.15) is 38.3 Å². The molecule has 2 aliphatic heterocycles. The predicted molar refractivity (Wildman–Crippen MR) is 118 cm³/mol. The van der Waals surface area contributed by atoms with Crippen molar-refractivity contribution >= 4 is 17.6 Å². The number of likely N-dealkylation sites (tertiary alicyclic amines) is 1. The number of piperidine rings is 1. The second-order valence-corrected chi connectivity index (χ2v) is 8.32. The van der Waals surface area contributed by atoms with Gasteiger partial charge in [0.05, 0.1) is 37.2 Å². The molecule has 0 radical (unpaired) electrons. The Balaban J connectivity index is 1.51. The van der Waals surface area contributed by atoms with Gasteiger partial charge < -0.3 is 24.3 Å². The molecular weight excluding hydrogens is 402 g/mol. The highest BCUT2D eigenvalue weighted by molar-refractivity contribution is 6.32. The van der Waals surface area contributed by atoms with Gasteiger partial charge in [-0.25, -0.2) is 9.98 Å². The highest BCUT2D eigenvalue weighted by Crippen LogP contribution is 2.38. The average molecular weight is 432 g/mol. The van der Waals surface area contributed by atoms with E-state index in [1.54, 1.807) is 0 Å². The quantitative estimate of drug-likeness (QED) is 0.590. The Morgan fingerprint density at radius 3 is 3.00 bits per heavy atom. The molecule has 8 heteroatoms. The first-order chi connectivity index (χ1) is 14.7. The molecule has 0 saturated carbocycles. The SMILES string of the molecule is CCNC(=NCc1cc(Cl)c2c(c1)OCCCO2)N1CCC(C)C(n2ccnc2)C1. The minimum absolute atomic E-state index is 0.387. The van der Waals surface area contributed by atoms with Gasteiger partial charge in [-0.05, 0) is 37.0 Å². The van der Waals surface area contributed by atoms with E-state index in [0.29, 0.717) is 48.2 Å². The number of nitrogens with one attached hydrogen (secondary N) is 1. The number of aliphatic imine (C=N–C) groups is 1. The lowest BCUT2D eigenvalue weighted by atomic mass is 9.93. The molecule has 1 fully saturated rings. The van der Waals surface area contributed by atoms with E-state index in [-0.39, 0.29) is 0 Å². The molecular formula is C22H30ClN5O2. The number of hydrogen-bond acceptors (Lipinski definition) is 4. The van der Waals surface area contributed by atoms with Gasteiger partial charge in [0.2, 0.25) is 0 Å². The monoisotopic (exact) mass is 431 g/mol. The van der Waals surface area contributed by atoms with Gasteiger partial charge >= 0.3 is 0 Å². The maximum atomic E-state index is 6.45. The van der Waals surface area contributed by atoms with Crippen LogP contribution in [0.3, 0.4) is 0 Å². The molecule has 0 amide bonds. The Morgan fingerprint density at radius 2 is 2.20 bits per heavy atom. The summed E-state index contributed by atoms with van der Waals surface area (Å²) in [6, 6.07) is 4.30. The fraction of sp³-hybridized carbons (Fsp3) is 0.545. The van der Waals surface area contributed by atoms with Crippen LogP contribution in [0.5, 0.6) is 11.5 Å². The number of halogens is 1. The molecule has 1 aromatic heterocycles. The van der Waals surface area contributed by atoms with Crippen LogP contribution in [-0.4, -0.2) is 53.3 Å². The van der Waals surface area contributed by atoms with Gasteiger partial charge in [0, 0.05) is 38.4 Å². The predicted octanol–water partition coefficient (Wildman–Crippen LogP) is 3.75. The van der Waals surface area contributed by atoms with Crippen LogP contribution in [0.25, 0.3) is 0 Å². The van der Waals surface area contributed by atoms with Crippen LogP contribution >= 0.6 is 11.6 Å². The second kappa shape index (κ2) is 9.60. The van der Waals surface area contributed by atoms with Crippen LogP contribution in [0, 0.1) is 5.92 Å². The normalized spacial score (nSPS) is 22.0. The minimum atomic E-state index is 0.387. The Kier molecular flexibility index (Phi) is 6.67. The fourth-order valence-corrected chi connectivity index (χ4v) is 4.35. The molecule has 0 bridgehead atoms. The van der Waals surface area contributed by atoms with Gasteiger partial charge in [0.1, 0.15) is 0 Å². The minimum Gasteiger partial charge on any atom is -0.489 e. The third-order valence-corrected chi connectivity index (χ3v) is 6.02. The number of aromatic nitrogens is 2. The lowest BCUT2D eigenvalue weighted by Crippen LogP contribution is -2.49. The zero-order valence-electron chi connectivity index (χ0n) is 17.7. The number of nitrogens with zero attached hydrogens (tertiary/aromatic N) is 4. The summed E-state index contributed by atoms with van der Waals surface area (Å²) < 4.78 is 13.8. The van der Waals surface area contributed by atoms with Crippen LogP contribution in [-0.2, 0) is 6.54 Å².